The Labute approximate surface area is 95.9 Å². The number of rotatable bonds is 3. The molecule has 90 valence electrons. The van der Waals surface area contributed by atoms with Crippen LogP contribution in [0.5, 0.6) is 0 Å². The average Bonchev–Trinajstić information content (AvgIpc) is 2.81. The zero-order valence-corrected chi connectivity index (χ0v) is 9.61. The predicted octanol–water partition coefficient (Wildman–Crippen LogP) is 1.14. The lowest BCUT2D eigenvalue weighted by molar-refractivity contribution is -0.138. The third-order valence-electron chi connectivity index (χ3n) is 3.39. The lowest BCUT2D eigenvalue weighted by atomic mass is 9.96. The quantitative estimate of drug-likeness (QED) is 0.723. The number of nitrogens with zero attached hydrogens (tertiary/aromatic N) is 1. The first-order valence-corrected chi connectivity index (χ1v) is 6.17. The summed E-state index contributed by atoms with van der Waals surface area (Å²) in [5.74, 6) is 0.431. The summed E-state index contributed by atoms with van der Waals surface area (Å²) in [5, 5.41) is 0. The van der Waals surface area contributed by atoms with Gasteiger partial charge in [0.1, 0.15) is 12.4 Å². The molecule has 1 aliphatic heterocycles. The van der Waals surface area contributed by atoms with Crippen molar-refractivity contribution in [3.05, 3.63) is 0 Å². The summed E-state index contributed by atoms with van der Waals surface area (Å²) in [5.41, 5.74) is 0. The molecule has 0 aromatic heterocycles. The van der Waals surface area contributed by atoms with E-state index in [4.69, 9.17) is 4.74 Å². The second-order valence-corrected chi connectivity index (χ2v) is 4.64. The fourth-order valence-electron chi connectivity index (χ4n) is 2.33. The van der Waals surface area contributed by atoms with E-state index in [0.717, 1.165) is 38.8 Å². The summed E-state index contributed by atoms with van der Waals surface area (Å²) < 4.78 is 5.56. The van der Waals surface area contributed by atoms with Crippen molar-refractivity contribution in [2.45, 2.75) is 44.6 Å². The van der Waals surface area contributed by atoms with Crippen molar-refractivity contribution >= 4 is 11.7 Å². The summed E-state index contributed by atoms with van der Waals surface area (Å²) in [6, 6.07) is 0. The Hall–Kier alpha value is -0.900. The fourth-order valence-corrected chi connectivity index (χ4v) is 2.33. The van der Waals surface area contributed by atoms with E-state index in [2.05, 4.69) is 0 Å². The molecule has 1 heterocycles. The van der Waals surface area contributed by atoms with Crippen LogP contribution in [-0.2, 0) is 14.3 Å². The Morgan fingerprint density at radius 1 is 1.25 bits per heavy atom. The summed E-state index contributed by atoms with van der Waals surface area (Å²) in [6.07, 6.45) is 5.14. The second kappa shape index (κ2) is 5.43. The zero-order chi connectivity index (χ0) is 11.4. The van der Waals surface area contributed by atoms with Crippen molar-refractivity contribution in [2.75, 3.05) is 19.7 Å². The van der Waals surface area contributed by atoms with Gasteiger partial charge < -0.3 is 9.64 Å². The van der Waals surface area contributed by atoms with Gasteiger partial charge in [-0.3, -0.25) is 9.59 Å². The van der Waals surface area contributed by atoms with Crippen molar-refractivity contribution in [1.82, 2.24) is 4.90 Å². The predicted molar refractivity (Wildman–Crippen MR) is 59.0 cm³/mol. The molecule has 0 unspecified atom stereocenters. The largest absolute Gasteiger partial charge is 0.368 e. The van der Waals surface area contributed by atoms with E-state index in [-0.39, 0.29) is 18.6 Å². The number of hydrogen-bond acceptors (Lipinski definition) is 3. The smallest absolute Gasteiger partial charge is 0.248 e. The third kappa shape index (κ3) is 3.04. The highest BCUT2D eigenvalue weighted by Gasteiger charge is 2.22. The van der Waals surface area contributed by atoms with E-state index in [9.17, 15) is 9.59 Å². The molecule has 2 fully saturated rings. The molecule has 1 saturated carbocycles. The maximum atomic E-state index is 11.7. The Bertz CT molecular complexity index is 261. The number of ether oxygens (including phenoxy) is 1. The number of ketones is 1. The Kier molecular flexibility index (Phi) is 3.93. The van der Waals surface area contributed by atoms with Gasteiger partial charge in [0.15, 0.2) is 0 Å². The van der Waals surface area contributed by atoms with Crippen LogP contribution in [0.4, 0.5) is 0 Å². The van der Waals surface area contributed by atoms with Crippen LogP contribution < -0.4 is 0 Å². The summed E-state index contributed by atoms with van der Waals surface area (Å²) in [6.45, 7) is 1.95. The maximum absolute atomic E-state index is 11.7. The fraction of sp³-hybridized carbons (Fsp3) is 0.833. The molecule has 4 nitrogen and oxygen atoms in total. The van der Waals surface area contributed by atoms with E-state index in [1.165, 1.54) is 0 Å². The lowest BCUT2D eigenvalue weighted by Crippen LogP contribution is -2.33. The number of amides is 1. The van der Waals surface area contributed by atoms with Gasteiger partial charge in [-0.05, 0) is 25.7 Å². The van der Waals surface area contributed by atoms with Gasteiger partial charge in [0, 0.05) is 25.9 Å². The molecule has 0 radical (unpaired) electrons. The Morgan fingerprint density at radius 3 is 2.50 bits per heavy atom. The van der Waals surface area contributed by atoms with E-state index in [0.29, 0.717) is 18.6 Å². The standard InChI is InChI=1S/C12H19NO3/c14-10-3-5-11(6-4-10)16-9-12(15)13-7-1-2-8-13/h11H,1-9H2. The van der Waals surface area contributed by atoms with Gasteiger partial charge in [0.05, 0.1) is 6.10 Å². The first-order chi connectivity index (χ1) is 7.75. The lowest BCUT2D eigenvalue weighted by Gasteiger charge is -2.22. The first kappa shape index (κ1) is 11.6. The molecule has 1 aliphatic carbocycles. The van der Waals surface area contributed by atoms with Crippen molar-refractivity contribution in [3.8, 4) is 0 Å². The highest BCUT2D eigenvalue weighted by Crippen LogP contribution is 2.18. The highest BCUT2D eigenvalue weighted by atomic mass is 16.5. The van der Waals surface area contributed by atoms with Crippen LogP contribution in [0.25, 0.3) is 0 Å². The van der Waals surface area contributed by atoms with Gasteiger partial charge in [0.2, 0.25) is 5.91 Å². The number of Topliss-reactive ketones (excluding diaryl/α,β-unsaturated/α-hetero) is 1. The van der Waals surface area contributed by atoms with Crippen LogP contribution >= 0.6 is 0 Å². The number of carbonyl (C=O) groups is 2. The van der Waals surface area contributed by atoms with E-state index >= 15 is 0 Å². The topological polar surface area (TPSA) is 46.6 Å². The number of likely N-dealkylation sites (tertiary alicyclic amines) is 1. The van der Waals surface area contributed by atoms with E-state index < -0.39 is 0 Å². The molecule has 0 N–H and O–H groups in total. The van der Waals surface area contributed by atoms with E-state index in [1.54, 1.807) is 0 Å². The van der Waals surface area contributed by atoms with Crippen molar-refractivity contribution < 1.29 is 14.3 Å². The van der Waals surface area contributed by atoms with Crippen LogP contribution in [0.1, 0.15) is 38.5 Å². The molecule has 0 aromatic carbocycles. The first-order valence-electron chi connectivity index (χ1n) is 6.17. The number of carbonyl (C=O) groups excluding carboxylic acids is 2. The van der Waals surface area contributed by atoms with Crippen LogP contribution in [0.2, 0.25) is 0 Å². The summed E-state index contributed by atoms with van der Waals surface area (Å²) >= 11 is 0. The molecular formula is C12H19NO3. The molecule has 1 amide bonds. The molecule has 2 aliphatic rings. The van der Waals surface area contributed by atoms with Crippen LogP contribution in [0.3, 0.4) is 0 Å². The minimum absolute atomic E-state index is 0.106. The minimum atomic E-state index is 0.106. The van der Waals surface area contributed by atoms with Crippen molar-refractivity contribution in [1.29, 1.82) is 0 Å². The normalized spacial score (nSPS) is 22.8. The van der Waals surface area contributed by atoms with Gasteiger partial charge in [-0.15, -0.1) is 0 Å². The van der Waals surface area contributed by atoms with Gasteiger partial charge in [0.25, 0.3) is 0 Å². The molecule has 1 saturated heterocycles. The molecule has 0 spiro atoms. The minimum Gasteiger partial charge on any atom is -0.368 e. The molecule has 4 heteroatoms. The number of hydrogen-bond donors (Lipinski definition) is 0. The highest BCUT2D eigenvalue weighted by molar-refractivity contribution is 5.79. The molecule has 16 heavy (non-hydrogen) atoms. The second-order valence-electron chi connectivity index (χ2n) is 4.64. The Morgan fingerprint density at radius 2 is 1.88 bits per heavy atom. The third-order valence-corrected chi connectivity index (χ3v) is 3.39. The van der Waals surface area contributed by atoms with Crippen molar-refractivity contribution in [2.24, 2.45) is 0 Å². The van der Waals surface area contributed by atoms with Gasteiger partial charge >= 0.3 is 0 Å². The van der Waals surface area contributed by atoms with Gasteiger partial charge in [-0.2, -0.15) is 0 Å². The molecule has 0 bridgehead atoms. The van der Waals surface area contributed by atoms with Crippen LogP contribution in [-0.4, -0.2) is 42.4 Å². The van der Waals surface area contributed by atoms with Gasteiger partial charge in [-0.1, -0.05) is 0 Å². The molecular weight excluding hydrogens is 206 g/mol. The molecule has 0 atom stereocenters. The summed E-state index contributed by atoms with van der Waals surface area (Å²) in [4.78, 5) is 24.6. The monoisotopic (exact) mass is 225 g/mol. The van der Waals surface area contributed by atoms with Crippen LogP contribution in [0, 0.1) is 0 Å². The SMILES string of the molecule is O=C1CCC(OCC(=O)N2CCCC2)CC1. The molecule has 2 rings (SSSR count). The van der Waals surface area contributed by atoms with Gasteiger partial charge in [-0.25, -0.2) is 0 Å². The maximum Gasteiger partial charge on any atom is 0.248 e. The average molecular weight is 225 g/mol. The van der Waals surface area contributed by atoms with Crippen LogP contribution in [0.15, 0.2) is 0 Å². The van der Waals surface area contributed by atoms with Crippen molar-refractivity contribution in [3.63, 3.8) is 0 Å². The Balaban J connectivity index is 1.66. The van der Waals surface area contributed by atoms with E-state index in [1.807, 2.05) is 4.90 Å². The molecule has 0 aromatic rings. The zero-order valence-electron chi connectivity index (χ0n) is 9.61. The summed E-state index contributed by atoms with van der Waals surface area (Å²) in [7, 11) is 0.